The molecule has 92 valence electrons. The van der Waals surface area contributed by atoms with Gasteiger partial charge in [0, 0.05) is 13.2 Å². The Labute approximate surface area is 103 Å². The highest BCUT2D eigenvalue weighted by atomic mass is 16.5. The minimum absolute atomic E-state index is 0.733. The van der Waals surface area contributed by atoms with Gasteiger partial charge in [-0.05, 0) is 30.2 Å². The topological polar surface area (TPSA) is 30.5 Å². The molecule has 0 spiro atoms. The Morgan fingerprint density at radius 1 is 1.18 bits per heavy atom. The summed E-state index contributed by atoms with van der Waals surface area (Å²) in [5.41, 5.74) is 2.17. The van der Waals surface area contributed by atoms with Crippen LogP contribution in [0.25, 0.3) is 5.57 Å². The van der Waals surface area contributed by atoms with Crippen molar-refractivity contribution in [2.75, 3.05) is 21.3 Å². The van der Waals surface area contributed by atoms with Gasteiger partial charge in [0.25, 0.3) is 0 Å². The summed E-state index contributed by atoms with van der Waals surface area (Å²) < 4.78 is 10.5. The van der Waals surface area contributed by atoms with Crippen molar-refractivity contribution in [1.29, 1.82) is 0 Å². The van der Waals surface area contributed by atoms with E-state index >= 15 is 0 Å². The predicted molar refractivity (Wildman–Crippen MR) is 71.4 cm³/mol. The number of benzene rings is 1. The van der Waals surface area contributed by atoms with Gasteiger partial charge in [0.15, 0.2) is 11.5 Å². The molecule has 1 aromatic carbocycles. The molecule has 1 N–H and O–H groups in total. The summed E-state index contributed by atoms with van der Waals surface area (Å²) >= 11 is 0. The van der Waals surface area contributed by atoms with Gasteiger partial charge in [-0.2, -0.15) is 0 Å². The lowest BCUT2D eigenvalue weighted by molar-refractivity contribution is 0.355. The number of nitrogens with one attached hydrogen (secondary N) is 1. The average Bonchev–Trinajstić information content (AvgIpc) is 2.37. The molecule has 0 aliphatic carbocycles. The van der Waals surface area contributed by atoms with Crippen LogP contribution in [-0.2, 0) is 0 Å². The lowest BCUT2D eigenvalue weighted by Gasteiger charge is -2.10. The third kappa shape index (κ3) is 3.28. The average molecular weight is 233 g/mol. The lowest BCUT2D eigenvalue weighted by Crippen LogP contribution is -1.96. The van der Waals surface area contributed by atoms with E-state index in [-0.39, 0.29) is 0 Å². The molecular formula is C14H19NO2. The molecule has 0 atom stereocenters. The monoisotopic (exact) mass is 233 g/mol. The largest absolute Gasteiger partial charge is 0.493 e. The molecule has 0 bridgehead atoms. The summed E-state index contributed by atoms with van der Waals surface area (Å²) in [6.45, 7) is 1.99. The Morgan fingerprint density at radius 3 is 2.41 bits per heavy atom. The second-order valence-corrected chi connectivity index (χ2v) is 3.46. The number of hydrogen-bond acceptors (Lipinski definition) is 3. The molecule has 17 heavy (non-hydrogen) atoms. The maximum absolute atomic E-state index is 5.29. The zero-order chi connectivity index (χ0) is 12.7. The van der Waals surface area contributed by atoms with Crippen molar-refractivity contribution >= 4 is 5.57 Å². The van der Waals surface area contributed by atoms with Gasteiger partial charge in [-0.15, -0.1) is 0 Å². The summed E-state index contributed by atoms with van der Waals surface area (Å²) in [7, 11) is 5.15. The normalized spacial score (nSPS) is 11.6. The van der Waals surface area contributed by atoms with Crippen molar-refractivity contribution < 1.29 is 9.47 Å². The first kappa shape index (κ1) is 13.2. The first-order valence-corrected chi connectivity index (χ1v) is 5.49. The van der Waals surface area contributed by atoms with Gasteiger partial charge in [-0.1, -0.05) is 18.2 Å². The molecule has 0 heterocycles. The minimum atomic E-state index is 0.733. The van der Waals surface area contributed by atoms with Crippen LogP contribution in [0.3, 0.4) is 0 Å². The third-order valence-electron chi connectivity index (χ3n) is 2.36. The highest BCUT2D eigenvalue weighted by molar-refractivity contribution is 5.75. The smallest absolute Gasteiger partial charge is 0.161 e. The summed E-state index contributed by atoms with van der Waals surface area (Å²) in [5.74, 6) is 1.47. The molecule has 0 unspecified atom stereocenters. The fraction of sp³-hybridized carbons (Fsp3) is 0.286. The molecule has 1 aromatic rings. The number of rotatable bonds is 5. The molecular weight excluding hydrogens is 214 g/mol. The van der Waals surface area contributed by atoms with Gasteiger partial charge in [-0.25, -0.2) is 0 Å². The Morgan fingerprint density at radius 2 is 1.88 bits per heavy atom. The molecule has 0 saturated heterocycles. The number of ether oxygens (including phenoxy) is 2. The van der Waals surface area contributed by atoms with E-state index in [4.69, 9.17) is 9.47 Å². The fourth-order valence-corrected chi connectivity index (χ4v) is 1.58. The van der Waals surface area contributed by atoms with E-state index in [2.05, 4.69) is 5.32 Å². The molecule has 3 nitrogen and oxygen atoms in total. The summed E-state index contributed by atoms with van der Waals surface area (Å²) in [4.78, 5) is 0. The van der Waals surface area contributed by atoms with Gasteiger partial charge in [0.05, 0.1) is 14.2 Å². The molecule has 0 fully saturated rings. The standard InChI is InChI=1S/C14H19NO2/c1-5-6-12(10-15-2)11-7-8-13(16-3)14(9-11)17-4/h5-10,15H,1-4H3/b6-5-,12-10+. The van der Waals surface area contributed by atoms with Gasteiger partial charge in [0.1, 0.15) is 0 Å². The molecule has 0 amide bonds. The van der Waals surface area contributed by atoms with Crippen LogP contribution in [0.15, 0.2) is 36.6 Å². The van der Waals surface area contributed by atoms with Crippen molar-refractivity contribution in [3.8, 4) is 11.5 Å². The minimum Gasteiger partial charge on any atom is -0.493 e. The second-order valence-electron chi connectivity index (χ2n) is 3.46. The highest BCUT2D eigenvalue weighted by Gasteiger charge is 2.06. The van der Waals surface area contributed by atoms with E-state index < -0.39 is 0 Å². The molecule has 3 heteroatoms. The Kier molecular flexibility index (Phi) is 5.14. The van der Waals surface area contributed by atoms with Gasteiger partial charge < -0.3 is 14.8 Å². The zero-order valence-corrected chi connectivity index (χ0v) is 10.8. The maximum Gasteiger partial charge on any atom is 0.161 e. The van der Waals surface area contributed by atoms with E-state index in [0.717, 1.165) is 22.6 Å². The zero-order valence-electron chi connectivity index (χ0n) is 10.8. The predicted octanol–water partition coefficient (Wildman–Crippen LogP) is 2.84. The Bertz CT molecular complexity index is 422. The Balaban J connectivity index is 3.17. The summed E-state index contributed by atoms with van der Waals surface area (Å²) in [5, 5.41) is 3.03. The van der Waals surface area contributed by atoms with E-state index in [9.17, 15) is 0 Å². The first-order chi connectivity index (χ1) is 8.26. The lowest BCUT2D eigenvalue weighted by atomic mass is 10.1. The third-order valence-corrected chi connectivity index (χ3v) is 2.36. The van der Waals surface area contributed by atoms with Crippen molar-refractivity contribution in [2.45, 2.75) is 6.92 Å². The van der Waals surface area contributed by atoms with E-state index in [1.165, 1.54) is 0 Å². The Hall–Kier alpha value is -1.90. The molecule has 0 aliphatic heterocycles. The number of methoxy groups -OCH3 is 2. The summed E-state index contributed by atoms with van der Waals surface area (Å²) in [6, 6.07) is 5.87. The SMILES string of the molecule is C/C=C\C(=C/NC)c1ccc(OC)c(OC)c1. The van der Waals surface area contributed by atoms with E-state index in [1.54, 1.807) is 14.2 Å². The number of allylic oxidation sites excluding steroid dienone is 3. The van der Waals surface area contributed by atoms with Crippen LogP contribution in [0.1, 0.15) is 12.5 Å². The van der Waals surface area contributed by atoms with Crippen molar-refractivity contribution in [3.05, 3.63) is 42.1 Å². The van der Waals surface area contributed by atoms with Crippen LogP contribution >= 0.6 is 0 Å². The van der Waals surface area contributed by atoms with Gasteiger partial charge >= 0.3 is 0 Å². The van der Waals surface area contributed by atoms with Crippen LogP contribution in [0.5, 0.6) is 11.5 Å². The van der Waals surface area contributed by atoms with Crippen molar-refractivity contribution in [2.24, 2.45) is 0 Å². The summed E-state index contributed by atoms with van der Waals surface area (Å²) in [6.07, 6.45) is 5.99. The molecule has 1 rings (SSSR count). The van der Waals surface area contributed by atoms with Gasteiger partial charge in [-0.3, -0.25) is 0 Å². The molecule has 0 aliphatic rings. The van der Waals surface area contributed by atoms with Crippen LogP contribution in [0.2, 0.25) is 0 Å². The first-order valence-electron chi connectivity index (χ1n) is 5.49. The maximum atomic E-state index is 5.29. The highest BCUT2D eigenvalue weighted by Crippen LogP contribution is 2.30. The molecule has 0 saturated carbocycles. The number of hydrogen-bond donors (Lipinski definition) is 1. The quantitative estimate of drug-likeness (QED) is 0.793. The van der Waals surface area contributed by atoms with E-state index in [1.807, 2.05) is 50.5 Å². The van der Waals surface area contributed by atoms with Crippen LogP contribution < -0.4 is 14.8 Å². The second kappa shape index (κ2) is 6.63. The molecule has 0 aromatic heterocycles. The molecule has 0 radical (unpaired) electrons. The van der Waals surface area contributed by atoms with Crippen LogP contribution in [0, 0.1) is 0 Å². The fourth-order valence-electron chi connectivity index (χ4n) is 1.58. The van der Waals surface area contributed by atoms with Crippen molar-refractivity contribution in [1.82, 2.24) is 5.32 Å². The van der Waals surface area contributed by atoms with Crippen LogP contribution in [0.4, 0.5) is 0 Å². The van der Waals surface area contributed by atoms with Crippen LogP contribution in [-0.4, -0.2) is 21.3 Å². The van der Waals surface area contributed by atoms with Crippen molar-refractivity contribution in [3.63, 3.8) is 0 Å². The van der Waals surface area contributed by atoms with E-state index in [0.29, 0.717) is 0 Å². The van der Waals surface area contributed by atoms with Gasteiger partial charge in [0.2, 0.25) is 0 Å².